The second kappa shape index (κ2) is 7.39. The van der Waals surface area contributed by atoms with Crippen LogP contribution in [0, 0.1) is 0 Å². The number of fused-ring (bicyclic) bond motifs is 1. The molecule has 26 heavy (non-hydrogen) atoms. The van der Waals surface area contributed by atoms with Crippen LogP contribution in [0.5, 0.6) is 0 Å². The average molecular weight is 347 g/mol. The minimum absolute atomic E-state index is 0.0185. The van der Waals surface area contributed by atoms with Gasteiger partial charge in [0, 0.05) is 19.6 Å². The number of carbonyl (C=O) groups is 1. The molecule has 2 aromatic carbocycles. The highest BCUT2D eigenvalue weighted by atomic mass is 16.2. The quantitative estimate of drug-likeness (QED) is 0.789. The molecule has 2 heterocycles. The van der Waals surface area contributed by atoms with E-state index in [0.717, 1.165) is 24.1 Å². The van der Waals surface area contributed by atoms with E-state index in [9.17, 15) is 4.79 Å². The molecule has 0 saturated carbocycles. The van der Waals surface area contributed by atoms with Gasteiger partial charge < -0.3 is 10.2 Å². The minimum Gasteiger partial charge on any atom is -0.334 e. The lowest BCUT2D eigenvalue weighted by molar-refractivity contribution is 0.192. The smallest absolute Gasteiger partial charge is 0.317 e. The summed E-state index contributed by atoms with van der Waals surface area (Å²) in [6, 6.07) is 16.4. The highest BCUT2D eigenvalue weighted by Gasteiger charge is 2.20. The van der Waals surface area contributed by atoms with Crippen LogP contribution in [-0.4, -0.2) is 32.2 Å². The summed E-state index contributed by atoms with van der Waals surface area (Å²) in [6.45, 7) is 2.57. The van der Waals surface area contributed by atoms with Crippen LogP contribution in [0.25, 0.3) is 0 Å². The van der Waals surface area contributed by atoms with Gasteiger partial charge in [-0.05, 0) is 28.7 Å². The summed E-state index contributed by atoms with van der Waals surface area (Å²) in [4.78, 5) is 18.5. The highest BCUT2D eigenvalue weighted by molar-refractivity contribution is 5.74. The molecule has 0 fully saturated rings. The van der Waals surface area contributed by atoms with Gasteiger partial charge in [0.15, 0.2) is 0 Å². The van der Waals surface area contributed by atoms with Gasteiger partial charge in [0.2, 0.25) is 0 Å². The van der Waals surface area contributed by atoms with Crippen molar-refractivity contribution in [1.29, 1.82) is 0 Å². The zero-order chi connectivity index (χ0) is 17.8. The van der Waals surface area contributed by atoms with Gasteiger partial charge in [0.1, 0.15) is 12.7 Å². The van der Waals surface area contributed by atoms with Gasteiger partial charge in [-0.15, -0.1) is 0 Å². The number of amides is 2. The van der Waals surface area contributed by atoms with E-state index in [0.29, 0.717) is 19.6 Å². The van der Waals surface area contributed by atoms with Gasteiger partial charge in [-0.25, -0.2) is 14.5 Å². The summed E-state index contributed by atoms with van der Waals surface area (Å²) in [5.41, 5.74) is 4.80. The Hall–Kier alpha value is -3.15. The van der Waals surface area contributed by atoms with Crippen LogP contribution in [0.1, 0.15) is 22.3 Å². The van der Waals surface area contributed by atoms with Crippen molar-refractivity contribution in [2.75, 3.05) is 6.54 Å². The van der Waals surface area contributed by atoms with Crippen molar-refractivity contribution in [2.45, 2.75) is 26.1 Å². The monoisotopic (exact) mass is 347 g/mol. The lowest BCUT2D eigenvalue weighted by Gasteiger charge is -2.29. The van der Waals surface area contributed by atoms with Crippen LogP contribution in [-0.2, 0) is 26.1 Å². The first-order valence-corrected chi connectivity index (χ1v) is 8.78. The molecule has 0 radical (unpaired) electrons. The molecule has 0 aliphatic carbocycles. The van der Waals surface area contributed by atoms with Gasteiger partial charge in [-0.1, -0.05) is 48.5 Å². The molecule has 2 amide bonds. The van der Waals surface area contributed by atoms with Crippen LogP contribution >= 0.6 is 0 Å². The Labute approximate surface area is 152 Å². The fourth-order valence-electron chi connectivity index (χ4n) is 3.32. The molecule has 0 bridgehead atoms. The first-order valence-electron chi connectivity index (χ1n) is 8.78. The molecule has 1 aliphatic rings. The zero-order valence-corrected chi connectivity index (χ0v) is 14.5. The van der Waals surface area contributed by atoms with E-state index in [4.69, 9.17) is 0 Å². The standard InChI is InChI=1S/C20H21N5O/c26-20(24-10-9-16-5-1-3-7-18(16)12-24)22-11-17-6-2-4-8-19(17)13-25-15-21-14-23-25/h1-8,14-15H,9-13H2,(H,22,26). The third kappa shape index (κ3) is 3.59. The lowest BCUT2D eigenvalue weighted by atomic mass is 10.0. The molecule has 6 heteroatoms. The molecule has 0 atom stereocenters. The minimum atomic E-state index is -0.0185. The van der Waals surface area contributed by atoms with Crippen LogP contribution in [0.3, 0.4) is 0 Å². The third-order valence-electron chi connectivity index (χ3n) is 4.77. The summed E-state index contributed by atoms with van der Waals surface area (Å²) in [5, 5.41) is 7.21. The van der Waals surface area contributed by atoms with Crippen molar-refractivity contribution in [3.63, 3.8) is 0 Å². The summed E-state index contributed by atoms with van der Waals surface area (Å²) in [6.07, 6.45) is 4.13. The van der Waals surface area contributed by atoms with Gasteiger partial charge in [0.05, 0.1) is 6.54 Å². The van der Waals surface area contributed by atoms with E-state index < -0.39 is 0 Å². The van der Waals surface area contributed by atoms with Crippen molar-refractivity contribution in [1.82, 2.24) is 25.0 Å². The number of rotatable bonds is 4. The molecule has 1 N–H and O–H groups in total. The summed E-state index contributed by atoms with van der Waals surface area (Å²) in [7, 11) is 0. The Bertz CT molecular complexity index is 891. The van der Waals surface area contributed by atoms with E-state index in [1.54, 1.807) is 11.0 Å². The predicted octanol–water partition coefficient (Wildman–Crippen LogP) is 2.59. The molecule has 6 nitrogen and oxygen atoms in total. The Morgan fingerprint density at radius 2 is 1.81 bits per heavy atom. The van der Waals surface area contributed by atoms with Crippen LogP contribution in [0.2, 0.25) is 0 Å². The Morgan fingerprint density at radius 3 is 2.62 bits per heavy atom. The van der Waals surface area contributed by atoms with E-state index in [1.807, 2.05) is 29.2 Å². The van der Waals surface area contributed by atoms with E-state index >= 15 is 0 Å². The number of hydrogen-bond donors (Lipinski definition) is 1. The second-order valence-corrected chi connectivity index (χ2v) is 6.46. The van der Waals surface area contributed by atoms with Crippen molar-refractivity contribution < 1.29 is 4.79 Å². The van der Waals surface area contributed by atoms with Gasteiger partial charge in [-0.3, -0.25) is 0 Å². The molecular formula is C20H21N5O. The van der Waals surface area contributed by atoms with Crippen molar-refractivity contribution in [3.8, 4) is 0 Å². The predicted molar refractivity (Wildman–Crippen MR) is 98.4 cm³/mol. The molecule has 1 aromatic heterocycles. The maximum Gasteiger partial charge on any atom is 0.317 e. The summed E-state index contributed by atoms with van der Waals surface area (Å²) < 4.78 is 1.78. The fourth-order valence-corrected chi connectivity index (χ4v) is 3.32. The molecule has 0 saturated heterocycles. The molecule has 0 spiro atoms. The summed E-state index contributed by atoms with van der Waals surface area (Å²) >= 11 is 0. The Balaban J connectivity index is 1.39. The topological polar surface area (TPSA) is 63.1 Å². The Morgan fingerprint density at radius 1 is 1.04 bits per heavy atom. The number of urea groups is 1. The molecule has 132 valence electrons. The van der Waals surface area contributed by atoms with E-state index in [-0.39, 0.29) is 6.03 Å². The second-order valence-electron chi connectivity index (χ2n) is 6.46. The zero-order valence-electron chi connectivity index (χ0n) is 14.5. The van der Waals surface area contributed by atoms with Crippen LogP contribution in [0.4, 0.5) is 4.79 Å². The van der Waals surface area contributed by atoms with Gasteiger partial charge in [-0.2, -0.15) is 5.10 Å². The number of nitrogens with one attached hydrogen (secondary N) is 1. The average Bonchev–Trinajstić information content (AvgIpc) is 3.20. The highest BCUT2D eigenvalue weighted by Crippen LogP contribution is 2.18. The third-order valence-corrected chi connectivity index (χ3v) is 4.77. The number of aromatic nitrogens is 3. The molecular weight excluding hydrogens is 326 g/mol. The fraction of sp³-hybridized carbons (Fsp3) is 0.250. The SMILES string of the molecule is O=C(NCc1ccccc1Cn1cncn1)N1CCc2ccccc2C1. The molecule has 4 rings (SSSR count). The number of benzene rings is 2. The number of carbonyl (C=O) groups excluding carboxylic acids is 1. The van der Waals surface area contributed by atoms with E-state index in [2.05, 4.69) is 39.7 Å². The van der Waals surface area contributed by atoms with Crippen LogP contribution in [0.15, 0.2) is 61.2 Å². The van der Waals surface area contributed by atoms with E-state index in [1.165, 1.54) is 17.5 Å². The summed E-state index contributed by atoms with van der Waals surface area (Å²) in [5.74, 6) is 0. The first kappa shape index (κ1) is 16.3. The maximum atomic E-state index is 12.6. The largest absolute Gasteiger partial charge is 0.334 e. The van der Waals surface area contributed by atoms with Crippen molar-refractivity contribution in [3.05, 3.63) is 83.4 Å². The normalized spacial score (nSPS) is 13.3. The molecule has 1 aliphatic heterocycles. The number of hydrogen-bond acceptors (Lipinski definition) is 3. The van der Waals surface area contributed by atoms with Gasteiger partial charge >= 0.3 is 6.03 Å². The van der Waals surface area contributed by atoms with Crippen molar-refractivity contribution in [2.24, 2.45) is 0 Å². The molecule has 0 unspecified atom stereocenters. The number of nitrogens with zero attached hydrogens (tertiary/aromatic N) is 4. The lowest BCUT2D eigenvalue weighted by Crippen LogP contribution is -2.42. The maximum absolute atomic E-state index is 12.6. The van der Waals surface area contributed by atoms with Crippen LogP contribution < -0.4 is 5.32 Å². The molecule has 3 aromatic rings. The van der Waals surface area contributed by atoms with Gasteiger partial charge in [0.25, 0.3) is 0 Å². The van der Waals surface area contributed by atoms with Crippen molar-refractivity contribution >= 4 is 6.03 Å². The Kier molecular flexibility index (Phi) is 4.64. The first-order chi connectivity index (χ1) is 12.8.